The van der Waals surface area contributed by atoms with Gasteiger partial charge in [0.2, 0.25) is 0 Å². The molecule has 1 heteroatoms. The SMILES string of the molecule is C=C(C)CC1NC1C(C)C. The number of hydrogen-bond donors (Lipinski definition) is 1. The van der Waals surface area contributed by atoms with Crippen LogP contribution in [0.5, 0.6) is 0 Å². The molecule has 0 spiro atoms. The Morgan fingerprint density at radius 3 is 2.50 bits per heavy atom. The van der Waals surface area contributed by atoms with E-state index >= 15 is 0 Å². The molecule has 2 unspecified atom stereocenters. The molecule has 58 valence electrons. The van der Waals surface area contributed by atoms with E-state index in [1.807, 2.05) is 0 Å². The Morgan fingerprint density at radius 1 is 1.60 bits per heavy atom. The molecule has 1 aliphatic rings. The van der Waals surface area contributed by atoms with Crippen molar-refractivity contribution in [1.29, 1.82) is 0 Å². The van der Waals surface area contributed by atoms with Gasteiger partial charge in [0.15, 0.2) is 0 Å². The summed E-state index contributed by atoms with van der Waals surface area (Å²) in [6.07, 6.45) is 1.16. The van der Waals surface area contributed by atoms with Gasteiger partial charge in [0.1, 0.15) is 0 Å². The molecular formula is C9H17N. The van der Waals surface area contributed by atoms with Crippen molar-refractivity contribution in [3.8, 4) is 0 Å². The summed E-state index contributed by atoms with van der Waals surface area (Å²) in [5.41, 5.74) is 1.29. The van der Waals surface area contributed by atoms with Crippen molar-refractivity contribution in [2.75, 3.05) is 0 Å². The zero-order chi connectivity index (χ0) is 7.72. The Kier molecular flexibility index (Phi) is 2.14. The molecule has 0 saturated carbocycles. The minimum Gasteiger partial charge on any atom is -0.308 e. The molecule has 0 amide bonds. The second-order valence-electron chi connectivity index (χ2n) is 3.70. The summed E-state index contributed by atoms with van der Waals surface area (Å²) in [6, 6.07) is 1.49. The van der Waals surface area contributed by atoms with Crippen LogP contribution in [0.3, 0.4) is 0 Å². The van der Waals surface area contributed by atoms with E-state index in [0.29, 0.717) is 0 Å². The lowest BCUT2D eigenvalue weighted by Crippen LogP contribution is -2.02. The van der Waals surface area contributed by atoms with E-state index in [1.165, 1.54) is 5.57 Å². The molecule has 1 rings (SSSR count). The highest BCUT2D eigenvalue weighted by Crippen LogP contribution is 2.24. The predicted molar refractivity (Wildman–Crippen MR) is 45.0 cm³/mol. The largest absolute Gasteiger partial charge is 0.308 e. The van der Waals surface area contributed by atoms with Gasteiger partial charge in [-0.15, -0.1) is 6.58 Å². The fraction of sp³-hybridized carbons (Fsp3) is 0.778. The fourth-order valence-electron chi connectivity index (χ4n) is 1.41. The fourth-order valence-corrected chi connectivity index (χ4v) is 1.41. The number of nitrogens with one attached hydrogen (secondary N) is 1. The summed E-state index contributed by atoms with van der Waals surface area (Å²) in [5, 5.41) is 3.44. The molecule has 0 aromatic rings. The Morgan fingerprint density at radius 2 is 2.20 bits per heavy atom. The highest BCUT2D eigenvalue weighted by molar-refractivity contribution is 5.07. The van der Waals surface area contributed by atoms with Crippen LogP contribution >= 0.6 is 0 Å². The van der Waals surface area contributed by atoms with Gasteiger partial charge in [-0.3, -0.25) is 0 Å². The van der Waals surface area contributed by atoms with Gasteiger partial charge in [0.05, 0.1) is 0 Å². The topological polar surface area (TPSA) is 21.9 Å². The van der Waals surface area contributed by atoms with Crippen LogP contribution in [0, 0.1) is 5.92 Å². The van der Waals surface area contributed by atoms with Crippen molar-refractivity contribution in [2.24, 2.45) is 5.92 Å². The maximum absolute atomic E-state index is 3.89. The third-order valence-corrected chi connectivity index (χ3v) is 2.02. The monoisotopic (exact) mass is 139 g/mol. The minimum atomic E-state index is 0.734. The molecule has 1 aliphatic heterocycles. The van der Waals surface area contributed by atoms with E-state index < -0.39 is 0 Å². The maximum Gasteiger partial charge on any atom is 0.0264 e. The van der Waals surface area contributed by atoms with Crippen LogP contribution in [0.15, 0.2) is 12.2 Å². The average Bonchev–Trinajstić information content (AvgIpc) is 2.43. The van der Waals surface area contributed by atoms with E-state index in [2.05, 4.69) is 32.7 Å². The molecule has 1 fully saturated rings. The van der Waals surface area contributed by atoms with Gasteiger partial charge in [-0.1, -0.05) is 19.4 Å². The third kappa shape index (κ3) is 1.84. The number of hydrogen-bond acceptors (Lipinski definition) is 1. The van der Waals surface area contributed by atoms with Crippen molar-refractivity contribution in [1.82, 2.24) is 5.32 Å². The van der Waals surface area contributed by atoms with Crippen LogP contribution in [-0.4, -0.2) is 12.1 Å². The summed E-state index contributed by atoms with van der Waals surface area (Å²) >= 11 is 0. The van der Waals surface area contributed by atoms with Crippen molar-refractivity contribution in [3.05, 3.63) is 12.2 Å². The molecule has 10 heavy (non-hydrogen) atoms. The van der Waals surface area contributed by atoms with Gasteiger partial charge in [0, 0.05) is 12.1 Å². The zero-order valence-electron chi connectivity index (χ0n) is 7.15. The first-order valence-corrected chi connectivity index (χ1v) is 4.01. The second kappa shape index (κ2) is 2.75. The highest BCUT2D eigenvalue weighted by Gasteiger charge is 2.37. The smallest absolute Gasteiger partial charge is 0.0264 e. The molecule has 0 aromatic heterocycles. The second-order valence-corrected chi connectivity index (χ2v) is 3.70. The van der Waals surface area contributed by atoms with Gasteiger partial charge in [-0.2, -0.15) is 0 Å². The van der Waals surface area contributed by atoms with E-state index in [4.69, 9.17) is 0 Å². The van der Waals surface area contributed by atoms with Gasteiger partial charge < -0.3 is 5.32 Å². The summed E-state index contributed by atoms with van der Waals surface area (Å²) in [6.45, 7) is 10.5. The molecule has 0 radical (unpaired) electrons. The molecule has 1 N–H and O–H groups in total. The highest BCUT2D eigenvalue weighted by atomic mass is 15.1. The Balaban J connectivity index is 2.19. The summed E-state index contributed by atoms with van der Waals surface area (Å²) in [5.74, 6) is 0.782. The maximum atomic E-state index is 3.89. The first-order valence-electron chi connectivity index (χ1n) is 4.01. The lowest BCUT2D eigenvalue weighted by atomic mass is 10.0. The van der Waals surface area contributed by atoms with Crippen molar-refractivity contribution in [3.63, 3.8) is 0 Å². The van der Waals surface area contributed by atoms with Crippen LogP contribution in [0.2, 0.25) is 0 Å². The first-order chi connectivity index (χ1) is 4.61. The zero-order valence-corrected chi connectivity index (χ0v) is 7.15. The van der Waals surface area contributed by atoms with Crippen molar-refractivity contribution < 1.29 is 0 Å². The van der Waals surface area contributed by atoms with Crippen LogP contribution in [0.1, 0.15) is 27.2 Å². The van der Waals surface area contributed by atoms with E-state index in [-0.39, 0.29) is 0 Å². The lowest BCUT2D eigenvalue weighted by Gasteiger charge is -1.99. The first kappa shape index (κ1) is 7.80. The standard InChI is InChI=1S/C9H17N/c1-6(2)5-8-9(10-8)7(3)4/h7-10H,1,5H2,2-4H3. The predicted octanol–water partition coefficient (Wildman–Crippen LogP) is 1.95. The lowest BCUT2D eigenvalue weighted by molar-refractivity contribution is 0.614. The van der Waals surface area contributed by atoms with Crippen LogP contribution in [-0.2, 0) is 0 Å². The van der Waals surface area contributed by atoms with Crippen molar-refractivity contribution >= 4 is 0 Å². The summed E-state index contributed by atoms with van der Waals surface area (Å²) < 4.78 is 0. The minimum absolute atomic E-state index is 0.734. The quantitative estimate of drug-likeness (QED) is 0.468. The Bertz CT molecular complexity index is 138. The van der Waals surface area contributed by atoms with Crippen LogP contribution in [0.25, 0.3) is 0 Å². The van der Waals surface area contributed by atoms with E-state index in [9.17, 15) is 0 Å². The van der Waals surface area contributed by atoms with Crippen LogP contribution in [0.4, 0.5) is 0 Å². The summed E-state index contributed by atoms with van der Waals surface area (Å²) in [7, 11) is 0. The van der Waals surface area contributed by atoms with Gasteiger partial charge in [-0.05, 0) is 19.3 Å². The van der Waals surface area contributed by atoms with Gasteiger partial charge >= 0.3 is 0 Å². The number of rotatable bonds is 3. The van der Waals surface area contributed by atoms with Gasteiger partial charge in [0.25, 0.3) is 0 Å². The average molecular weight is 139 g/mol. The third-order valence-electron chi connectivity index (χ3n) is 2.02. The normalized spacial score (nSPS) is 30.8. The molecule has 0 aromatic carbocycles. The molecule has 0 aliphatic carbocycles. The molecule has 0 bridgehead atoms. The molecule has 1 saturated heterocycles. The Labute approximate surface area is 63.5 Å². The van der Waals surface area contributed by atoms with E-state index in [0.717, 1.165) is 24.4 Å². The Hall–Kier alpha value is -0.300. The van der Waals surface area contributed by atoms with E-state index in [1.54, 1.807) is 0 Å². The van der Waals surface area contributed by atoms with Crippen molar-refractivity contribution in [2.45, 2.75) is 39.3 Å². The van der Waals surface area contributed by atoms with Gasteiger partial charge in [-0.25, -0.2) is 0 Å². The molecule has 2 atom stereocenters. The summed E-state index contributed by atoms with van der Waals surface area (Å²) in [4.78, 5) is 0. The van der Waals surface area contributed by atoms with Crippen LogP contribution < -0.4 is 5.32 Å². The molecule has 1 heterocycles. The molecular weight excluding hydrogens is 122 g/mol. The molecule has 1 nitrogen and oxygen atoms in total.